The molecule has 0 bridgehead atoms. The maximum absolute atomic E-state index is 12.0. The van der Waals surface area contributed by atoms with Gasteiger partial charge in [-0.15, -0.1) is 0 Å². The maximum Gasteiger partial charge on any atom is 0.330 e. The number of unbranched alkanes of at least 4 members (excludes halogenated alkanes) is 10. The highest BCUT2D eigenvalue weighted by molar-refractivity contribution is 5.81. The third-order valence-electron chi connectivity index (χ3n) is 7.02. The van der Waals surface area contributed by atoms with Crippen molar-refractivity contribution in [1.29, 1.82) is 10.5 Å². The first-order valence-electron chi connectivity index (χ1n) is 17.5. The Kier molecular flexibility index (Phi) is 34.7. The van der Waals surface area contributed by atoms with E-state index in [2.05, 4.69) is 16.6 Å². The van der Waals surface area contributed by atoms with E-state index in [4.69, 9.17) is 39.0 Å². The van der Waals surface area contributed by atoms with Gasteiger partial charge in [-0.25, -0.2) is 4.79 Å². The average molecular weight is 698 g/mol. The minimum absolute atomic E-state index is 0.184. The van der Waals surface area contributed by atoms with Gasteiger partial charge in [0.15, 0.2) is 0 Å². The van der Waals surface area contributed by atoms with Gasteiger partial charge in [-0.2, -0.15) is 10.5 Å². The van der Waals surface area contributed by atoms with Crippen LogP contribution in [-0.2, 0) is 47.6 Å². The number of hydroxylamine groups is 1. The molecule has 280 valence electrons. The molecule has 0 rings (SSSR count). The molecule has 0 aliphatic carbocycles. The maximum atomic E-state index is 12.0. The van der Waals surface area contributed by atoms with Crippen LogP contribution in [0.1, 0.15) is 96.3 Å². The Labute approximate surface area is 292 Å². The van der Waals surface area contributed by atoms with E-state index in [1.54, 1.807) is 22.7 Å². The molecule has 0 aromatic carbocycles. The van der Waals surface area contributed by atoms with Gasteiger partial charge >= 0.3 is 11.9 Å². The fourth-order valence-electron chi connectivity index (χ4n) is 4.41. The number of ether oxygens (including phenoxy) is 6. The van der Waals surface area contributed by atoms with Gasteiger partial charge in [0.2, 0.25) is 6.41 Å². The first kappa shape index (κ1) is 45.5. The summed E-state index contributed by atoms with van der Waals surface area (Å²) in [6, 6.07) is 0. The number of nitrogens with zero attached hydrogens (tertiary/aromatic N) is 4. The molecule has 0 aliphatic heterocycles. The first-order chi connectivity index (χ1) is 24.1. The Morgan fingerprint density at radius 3 is 1.86 bits per heavy atom. The van der Waals surface area contributed by atoms with Gasteiger partial charge in [-0.3, -0.25) is 24.8 Å². The van der Waals surface area contributed by atoms with Crippen LogP contribution in [0.5, 0.6) is 0 Å². The van der Waals surface area contributed by atoms with E-state index >= 15 is 0 Å². The van der Waals surface area contributed by atoms with E-state index in [-0.39, 0.29) is 25.9 Å². The van der Waals surface area contributed by atoms with E-state index in [9.17, 15) is 14.4 Å². The number of amides is 1. The first-order valence-corrected chi connectivity index (χ1v) is 17.5. The summed E-state index contributed by atoms with van der Waals surface area (Å²) < 4.78 is 30.2. The lowest BCUT2D eigenvalue weighted by molar-refractivity contribution is -0.273. The minimum Gasteiger partial charge on any atom is -0.463 e. The van der Waals surface area contributed by atoms with Crippen LogP contribution in [0.2, 0.25) is 0 Å². The van der Waals surface area contributed by atoms with Gasteiger partial charge in [-0.05, 0) is 64.3 Å². The Balaban J connectivity index is 4.10. The third kappa shape index (κ3) is 32.8. The monoisotopic (exact) mass is 697 g/mol. The minimum atomic E-state index is -0.473. The number of hydrogen-bond acceptors (Lipinski definition) is 14. The van der Waals surface area contributed by atoms with Crippen LogP contribution in [0.25, 0.3) is 0 Å². The van der Waals surface area contributed by atoms with Gasteiger partial charge < -0.3 is 28.4 Å². The van der Waals surface area contributed by atoms with Crippen LogP contribution in [0.3, 0.4) is 0 Å². The molecule has 1 amide bonds. The molecule has 0 saturated heterocycles. The van der Waals surface area contributed by atoms with E-state index in [1.807, 2.05) is 0 Å². The number of rotatable bonds is 38. The zero-order valence-corrected chi connectivity index (χ0v) is 29.3. The Hall–Kier alpha value is -3.47. The van der Waals surface area contributed by atoms with Crippen molar-refractivity contribution < 1.29 is 47.6 Å². The highest BCUT2D eigenvalue weighted by Gasteiger charge is 2.14. The van der Waals surface area contributed by atoms with E-state index < -0.39 is 5.97 Å². The van der Waals surface area contributed by atoms with Gasteiger partial charge in [0.1, 0.15) is 33.2 Å². The van der Waals surface area contributed by atoms with Crippen LogP contribution in [-0.4, -0.2) is 108 Å². The number of nitriles is 2. The topological polar surface area (TPSA) is 182 Å². The molecular weight excluding hydrogens is 638 g/mol. The van der Waals surface area contributed by atoms with E-state index in [1.165, 1.54) is 0 Å². The molecule has 0 fully saturated rings. The quantitative estimate of drug-likeness (QED) is 0.0183. The zero-order valence-electron chi connectivity index (χ0n) is 29.3. The number of hydrogen-bond donors (Lipinski definition) is 1. The highest BCUT2D eigenvalue weighted by atomic mass is 16.7. The van der Waals surface area contributed by atoms with Crippen molar-refractivity contribution in [3.63, 3.8) is 0 Å². The smallest absolute Gasteiger partial charge is 0.330 e. The second kappa shape index (κ2) is 37.4. The third-order valence-corrected chi connectivity index (χ3v) is 7.02. The summed E-state index contributed by atoms with van der Waals surface area (Å²) >= 11 is 0. The van der Waals surface area contributed by atoms with E-state index in [0.717, 1.165) is 103 Å². The lowest BCUT2D eigenvalue weighted by Gasteiger charge is -2.31. The fraction of sp³-hybridized carbons (Fsp3) is 0.794. The second-order valence-corrected chi connectivity index (χ2v) is 11.0. The van der Waals surface area contributed by atoms with Crippen molar-refractivity contribution in [2.45, 2.75) is 96.3 Å². The van der Waals surface area contributed by atoms with Crippen molar-refractivity contribution >= 4 is 18.3 Å². The Bertz CT molecular complexity index is 900. The van der Waals surface area contributed by atoms with Gasteiger partial charge in [0, 0.05) is 38.8 Å². The average Bonchev–Trinajstić information content (AvgIpc) is 3.11. The molecule has 0 aromatic rings. The number of nitrogens with one attached hydrogen (secondary N) is 1. The Morgan fingerprint density at radius 1 is 0.653 bits per heavy atom. The van der Waals surface area contributed by atoms with Crippen molar-refractivity contribution in [2.24, 2.45) is 0 Å². The molecule has 0 heterocycles. The highest BCUT2D eigenvalue weighted by Crippen LogP contribution is 2.10. The molecule has 15 nitrogen and oxygen atoms in total. The largest absolute Gasteiger partial charge is 0.463 e. The summed E-state index contributed by atoms with van der Waals surface area (Å²) in [5.74, 6) is -0.709. The molecule has 0 aromatic heterocycles. The molecule has 49 heavy (non-hydrogen) atoms. The van der Waals surface area contributed by atoms with Crippen molar-refractivity contribution in [3.8, 4) is 12.5 Å². The van der Waals surface area contributed by atoms with Crippen LogP contribution < -0.4 is 5.32 Å². The van der Waals surface area contributed by atoms with Crippen molar-refractivity contribution in [3.05, 3.63) is 12.7 Å². The van der Waals surface area contributed by atoms with Crippen LogP contribution in [0, 0.1) is 23.0 Å². The van der Waals surface area contributed by atoms with Gasteiger partial charge in [0.25, 0.3) is 12.5 Å². The summed E-state index contributed by atoms with van der Waals surface area (Å²) in [6.07, 6.45) is 17.9. The molecule has 1 N–H and O–H groups in total. The van der Waals surface area contributed by atoms with Crippen molar-refractivity contribution in [2.75, 3.05) is 79.2 Å². The predicted molar refractivity (Wildman–Crippen MR) is 180 cm³/mol. The van der Waals surface area contributed by atoms with Crippen LogP contribution >= 0.6 is 0 Å². The van der Waals surface area contributed by atoms with E-state index in [0.29, 0.717) is 65.6 Å². The summed E-state index contributed by atoms with van der Waals surface area (Å²) in [6.45, 7) is 8.35. The fourth-order valence-corrected chi connectivity index (χ4v) is 4.41. The summed E-state index contributed by atoms with van der Waals surface area (Å²) in [5, 5.41) is 23.3. The van der Waals surface area contributed by atoms with Gasteiger partial charge in [-0.1, -0.05) is 43.9 Å². The zero-order chi connectivity index (χ0) is 35.9. The lowest BCUT2D eigenvalue weighted by Crippen LogP contribution is -2.44. The molecule has 0 unspecified atom stereocenters. The standard InChI is InChI=1S/C34H59N5O10/c1-2-33(41)47-27-25-43-23-16-24-44-26-28-48-34(42)17-10-4-3-6-13-20-39(38(32-40)19-12-7-9-15-22-46-30-36)49-31-37-18-11-5-8-14-21-45-29-35/h2,32,37H,1,3-28,31H2. The summed E-state index contributed by atoms with van der Waals surface area (Å²) in [4.78, 5) is 40.7. The molecule has 0 atom stereocenters. The lowest BCUT2D eigenvalue weighted by atomic mass is 10.1. The molecule has 0 aliphatic rings. The van der Waals surface area contributed by atoms with Crippen LogP contribution in [0.15, 0.2) is 12.7 Å². The molecular formula is C34H59N5O10. The van der Waals surface area contributed by atoms with Crippen LogP contribution in [0.4, 0.5) is 0 Å². The Morgan fingerprint density at radius 2 is 1.22 bits per heavy atom. The summed E-state index contributed by atoms with van der Waals surface area (Å²) in [7, 11) is 0. The number of carbonyl (C=O) groups is 3. The SMILES string of the molecule is C=CC(=O)OCCOCCCOCCOC(=O)CCCCCCCN(OCNCCCCCCOC#N)N(C=O)CCCCCCOC#N. The second-order valence-electron chi connectivity index (χ2n) is 11.0. The number of esters is 2. The summed E-state index contributed by atoms with van der Waals surface area (Å²) in [5.41, 5.74) is 0. The van der Waals surface area contributed by atoms with Crippen molar-refractivity contribution in [1.82, 2.24) is 15.5 Å². The molecule has 15 heteroatoms. The number of carbonyl (C=O) groups excluding carboxylic acids is 3. The normalized spacial score (nSPS) is 10.6. The predicted octanol–water partition coefficient (Wildman–Crippen LogP) is 4.29. The van der Waals surface area contributed by atoms with Gasteiger partial charge in [0.05, 0.1) is 13.2 Å². The number of hydrazine groups is 1. The molecule has 0 saturated carbocycles. The molecule has 0 radical (unpaired) electrons. The molecule has 0 spiro atoms.